The smallest absolute Gasteiger partial charge is 0.412 e. The Morgan fingerprint density at radius 3 is 2.70 bits per heavy atom. The van der Waals surface area contributed by atoms with Gasteiger partial charge in [0.2, 0.25) is 0 Å². The first kappa shape index (κ1) is 14.8. The molecule has 0 aliphatic carbocycles. The average Bonchev–Trinajstić information content (AvgIpc) is 2.71. The van der Waals surface area contributed by atoms with Crippen LogP contribution in [-0.4, -0.2) is 10.5 Å². The summed E-state index contributed by atoms with van der Waals surface area (Å²) in [6.07, 6.45) is -0.931. The number of aromatic nitrogens is 1. The predicted molar refractivity (Wildman–Crippen MR) is 81.6 cm³/mol. The largest absolute Gasteiger partial charge is 0.441 e. The van der Waals surface area contributed by atoms with Crippen molar-refractivity contribution in [2.24, 2.45) is 0 Å². The summed E-state index contributed by atoms with van der Waals surface area (Å²) >= 11 is 7.43. The van der Waals surface area contributed by atoms with E-state index >= 15 is 0 Å². The lowest BCUT2D eigenvalue weighted by Crippen LogP contribution is -2.16. The molecule has 1 N–H and O–H groups in total. The second-order valence-corrected chi connectivity index (χ2v) is 5.78. The van der Waals surface area contributed by atoms with Crippen LogP contribution in [0.2, 0.25) is 5.02 Å². The number of amides is 1. The van der Waals surface area contributed by atoms with Crippen molar-refractivity contribution in [2.75, 3.05) is 5.32 Å². The molecular weight excluding hydrogens is 296 g/mol. The van der Waals surface area contributed by atoms with Crippen LogP contribution in [0.5, 0.6) is 0 Å². The van der Waals surface area contributed by atoms with Crippen molar-refractivity contribution in [3.05, 3.63) is 45.4 Å². The SMILES string of the molecule is Cc1nsc(C)c1NC(=O)O[C@H](C)c1ccccc1Cl. The Bertz CT molecular complexity index is 608. The number of rotatable bonds is 3. The number of anilines is 1. The fourth-order valence-electron chi connectivity index (χ4n) is 1.82. The third kappa shape index (κ3) is 3.29. The van der Waals surface area contributed by atoms with Gasteiger partial charge in [-0.25, -0.2) is 4.79 Å². The van der Waals surface area contributed by atoms with E-state index in [1.165, 1.54) is 11.5 Å². The number of benzene rings is 1. The Labute approximate surface area is 126 Å². The predicted octanol–water partition coefficient (Wildman–Crippen LogP) is 4.72. The lowest BCUT2D eigenvalue weighted by atomic mass is 10.1. The van der Waals surface area contributed by atoms with Gasteiger partial charge in [-0.2, -0.15) is 4.37 Å². The van der Waals surface area contributed by atoms with Gasteiger partial charge < -0.3 is 4.74 Å². The summed E-state index contributed by atoms with van der Waals surface area (Å²) in [5, 5.41) is 3.30. The van der Waals surface area contributed by atoms with E-state index in [0.717, 1.165) is 16.1 Å². The Morgan fingerprint density at radius 1 is 1.40 bits per heavy atom. The molecule has 6 heteroatoms. The molecule has 0 unspecified atom stereocenters. The Kier molecular flexibility index (Phi) is 4.62. The molecule has 1 heterocycles. The number of hydrogen-bond donors (Lipinski definition) is 1. The zero-order valence-electron chi connectivity index (χ0n) is 11.4. The fraction of sp³-hybridized carbons (Fsp3) is 0.286. The van der Waals surface area contributed by atoms with Crippen molar-refractivity contribution < 1.29 is 9.53 Å². The van der Waals surface area contributed by atoms with Gasteiger partial charge in [0.1, 0.15) is 6.10 Å². The minimum atomic E-state index is -0.510. The Balaban J connectivity index is 2.04. The molecule has 0 saturated heterocycles. The maximum Gasteiger partial charge on any atom is 0.412 e. The van der Waals surface area contributed by atoms with Crippen molar-refractivity contribution in [2.45, 2.75) is 26.9 Å². The van der Waals surface area contributed by atoms with E-state index in [2.05, 4.69) is 9.69 Å². The molecule has 4 nitrogen and oxygen atoms in total. The number of halogens is 1. The number of nitrogens with one attached hydrogen (secondary N) is 1. The van der Waals surface area contributed by atoms with Crippen LogP contribution >= 0.6 is 23.1 Å². The summed E-state index contributed by atoms with van der Waals surface area (Å²) in [6, 6.07) is 7.30. The number of nitrogens with zero attached hydrogens (tertiary/aromatic N) is 1. The Hall–Kier alpha value is -1.59. The standard InChI is InChI=1S/C14H15ClN2O2S/c1-8-13(10(3)20-17-8)16-14(18)19-9(2)11-6-4-5-7-12(11)15/h4-7,9H,1-3H3,(H,16,18)/t9-/m1/s1. The molecule has 106 valence electrons. The van der Waals surface area contributed by atoms with Gasteiger partial charge in [-0.1, -0.05) is 29.8 Å². The molecule has 1 amide bonds. The van der Waals surface area contributed by atoms with E-state index in [-0.39, 0.29) is 0 Å². The molecule has 1 aromatic carbocycles. The third-order valence-corrected chi connectivity index (χ3v) is 4.07. The number of hydrogen-bond acceptors (Lipinski definition) is 4. The second kappa shape index (κ2) is 6.24. The van der Waals surface area contributed by atoms with E-state index in [0.29, 0.717) is 10.7 Å². The highest BCUT2D eigenvalue weighted by atomic mass is 35.5. The summed E-state index contributed by atoms with van der Waals surface area (Å²) in [6.45, 7) is 5.53. The topological polar surface area (TPSA) is 51.2 Å². The van der Waals surface area contributed by atoms with E-state index < -0.39 is 12.2 Å². The van der Waals surface area contributed by atoms with Crippen molar-refractivity contribution in [1.29, 1.82) is 0 Å². The molecule has 2 rings (SSSR count). The molecule has 1 atom stereocenters. The van der Waals surface area contributed by atoms with Crippen molar-refractivity contribution in [3.63, 3.8) is 0 Å². The van der Waals surface area contributed by atoms with Crippen LogP contribution in [0.4, 0.5) is 10.5 Å². The molecule has 20 heavy (non-hydrogen) atoms. The first-order chi connectivity index (χ1) is 9.49. The Morgan fingerprint density at radius 2 is 2.10 bits per heavy atom. The maximum atomic E-state index is 11.9. The molecule has 0 fully saturated rings. The first-order valence-electron chi connectivity index (χ1n) is 6.14. The normalized spacial score (nSPS) is 12.0. The molecule has 1 aromatic heterocycles. The van der Waals surface area contributed by atoms with Gasteiger partial charge in [-0.3, -0.25) is 5.32 Å². The quantitative estimate of drug-likeness (QED) is 0.892. The van der Waals surface area contributed by atoms with Gasteiger partial charge in [0, 0.05) is 15.5 Å². The molecule has 0 spiro atoms. The summed E-state index contributed by atoms with van der Waals surface area (Å²) < 4.78 is 9.51. The van der Waals surface area contributed by atoms with Crippen molar-refractivity contribution >= 4 is 34.9 Å². The highest BCUT2D eigenvalue weighted by Gasteiger charge is 2.16. The number of carbonyl (C=O) groups excluding carboxylic acids is 1. The van der Waals surface area contributed by atoms with Crippen LogP contribution in [-0.2, 0) is 4.74 Å². The van der Waals surface area contributed by atoms with E-state index in [9.17, 15) is 4.79 Å². The average molecular weight is 311 g/mol. The van der Waals surface area contributed by atoms with Gasteiger partial charge in [-0.15, -0.1) is 0 Å². The van der Waals surface area contributed by atoms with Gasteiger partial charge in [0.15, 0.2) is 0 Å². The minimum Gasteiger partial charge on any atom is -0.441 e. The molecule has 0 aliphatic rings. The zero-order chi connectivity index (χ0) is 14.7. The summed E-state index contributed by atoms with van der Waals surface area (Å²) in [5.74, 6) is 0. The highest BCUT2D eigenvalue weighted by Crippen LogP contribution is 2.27. The number of ether oxygens (including phenoxy) is 1. The fourth-order valence-corrected chi connectivity index (χ4v) is 2.77. The molecule has 0 saturated carbocycles. The van der Waals surface area contributed by atoms with Gasteiger partial charge in [0.05, 0.1) is 11.4 Å². The van der Waals surface area contributed by atoms with E-state index in [1.807, 2.05) is 32.0 Å². The summed E-state index contributed by atoms with van der Waals surface area (Å²) in [5.41, 5.74) is 2.28. The van der Waals surface area contributed by atoms with Crippen LogP contribution in [0.3, 0.4) is 0 Å². The highest BCUT2D eigenvalue weighted by molar-refractivity contribution is 7.06. The van der Waals surface area contributed by atoms with Crippen LogP contribution in [0.15, 0.2) is 24.3 Å². The maximum absolute atomic E-state index is 11.9. The van der Waals surface area contributed by atoms with Gasteiger partial charge >= 0.3 is 6.09 Å². The molecular formula is C14H15ClN2O2S. The molecule has 0 radical (unpaired) electrons. The van der Waals surface area contributed by atoms with Gasteiger partial charge in [0.25, 0.3) is 0 Å². The zero-order valence-corrected chi connectivity index (χ0v) is 13.0. The van der Waals surface area contributed by atoms with Gasteiger partial charge in [-0.05, 0) is 38.4 Å². The van der Waals surface area contributed by atoms with E-state index in [1.54, 1.807) is 13.0 Å². The molecule has 0 bridgehead atoms. The monoisotopic (exact) mass is 310 g/mol. The lowest BCUT2D eigenvalue weighted by molar-refractivity contribution is 0.121. The van der Waals surface area contributed by atoms with Crippen LogP contribution < -0.4 is 5.32 Å². The van der Waals surface area contributed by atoms with Crippen molar-refractivity contribution in [3.8, 4) is 0 Å². The second-order valence-electron chi connectivity index (χ2n) is 4.39. The van der Waals surface area contributed by atoms with Crippen LogP contribution in [0.25, 0.3) is 0 Å². The number of carbonyl (C=O) groups is 1. The summed E-state index contributed by atoms with van der Waals surface area (Å²) in [7, 11) is 0. The summed E-state index contributed by atoms with van der Waals surface area (Å²) in [4.78, 5) is 12.9. The van der Waals surface area contributed by atoms with Crippen LogP contribution in [0, 0.1) is 13.8 Å². The van der Waals surface area contributed by atoms with E-state index in [4.69, 9.17) is 16.3 Å². The first-order valence-corrected chi connectivity index (χ1v) is 7.29. The van der Waals surface area contributed by atoms with Crippen molar-refractivity contribution in [1.82, 2.24) is 4.37 Å². The minimum absolute atomic E-state index is 0.420. The number of aryl methyl sites for hydroxylation is 2. The molecule has 0 aliphatic heterocycles. The molecule has 2 aromatic rings. The third-order valence-electron chi connectivity index (χ3n) is 2.89. The lowest BCUT2D eigenvalue weighted by Gasteiger charge is -2.15. The van der Waals surface area contributed by atoms with Crippen LogP contribution in [0.1, 0.15) is 29.2 Å².